The Morgan fingerprint density at radius 1 is 0.788 bits per heavy atom. The van der Waals surface area contributed by atoms with Crippen molar-refractivity contribution in [1.82, 2.24) is 9.97 Å². The van der Waals surface area contributed by atoms with Crippen molar-refractivity contribution >= 4 is 11.9 Å². The number of carbonyl (C=O) groups excluding carboxylic acids is 2. The molecule has 176 valence electrons. The summed E-state index contributed by atoms with van der Waals surface area (Å²) >= 11 is 0. The van der Waals surface area contributed by atoms with Crippen LogP contribution >= 0.6 is 0 Å². The SMILES string of the molecule is CCOC(=O)c1[nH]c(C)c(C(c2ccc(OC)cc2)c2c(C)[nH]c(C(=O)OCC)c2C)c1C. The lowest BCUT2D eigenvalue weighted by Gasteiger charge is -2.21. The van der Waals surface area contributed by atoms with Crippen LogP contribution in [0.3, 0.4) is 0 Å². The summed E-state index contributed by atoms with van der Waals surface area (Å²) in [7, 11) is 1.63. The van der Waals surface area contributed by atoms with Gasteiger partial charge in [0.15, 0.2) is 0 Å². The Labute approximate surface area is 194 Å². The van der Waals surface area contributed by atoms with Gasteiger partial charge in [0, 0.05) is 17.3 Å². The normalized spacial score (nSPS) is 11.0. The molecular weight excluding hydrogens is 420 g/mol. The summed E-state index contributed by atoms with van der Waals surface area (Å²) in [6.45, 7) is 11.9. The van der Waals surface area contributed by atoms with Gasteiger partial charge < -0.3 is 24.2 Å². The highest BCUT2D eigenvalue weighted by Crippen LogP contribution is 2.41. The summed E-state index contributed by atoms with van der Waals surface area (Å²) < 4.78 is 15.9. The summed E-state index contributed by atoms with van der Waals surface area (Å²) in [5.74, 6) is -0.239. The largest absolute Gasteiger partial charge is 0.497 e. The zero-order valence-corrected chi connectivity index (χ0v) is 20.3. The molecule has 0 amide bonds. The minimum absolute atomic E-state index is 0.227. The number of esters is 2. The number of methoxy groups -OCH3 is 1. The van der Waals surface area contributed by atoms with E-state index in [0.29, 0.717) is 24.6 Å². The molecule has 7 nitrogen and oxygen atoms in total. The van der Waals surface area contributed by atoms with Crippen molar-refractivity contribution in [3.8, 4) is 5.75 Å². The maximum absolute atomic E-state index is 12.6. The van der Waals surface area contributed by atoms with Crippen molar-refractivity contribution in [3.63, 3.8) is 0 Å². The molecule has 3 aromatic rings. The van der Waals surface area contributed by atoms with E-state index in [9.17, 15) is 9.59 Å². The van der Waals surface area contributed by atoms with Crippen LogP contribution in [0.5, 0.6) is 5.75 Å². The van der Waals surface area contributed by atoms with E-state index >= 15 is 0 Å². The van der Waals surface area contributed by atoms with Crippen LogP contribution in [0, 0.1) is 27.7 Å². The maximum atomic E-state index is 12.6. The molecule has 0 unspecified atom stereocenters. The highest BCUT2D eigenvalue weighted by atomic mass is 16.5. The Bertz CT molecular complexity index is 1090. The second-order valence-electron chi connectivity index (χ2n) is 7.97. The van der Waals surface area contributed by atoms with Gasteiger partial charge in [0.25, 0.3) is 0 Å². The van der Waals surface area contributed by atoms with E-state index in [2.05, 4.69) is 9.97 Å². The summed E-state index contributed by atoms with van der Waals surface area (Å²) in [4.78, 5) is 31.6. The van der Waals surface area contributed by atoms with Gasteiger partial charge >= 0.3 is 11.9 Å². The van der Waals surface area contributed by atoms with Crippen molar-refractivity contribution in [1.29, 1.82) is 0 Å². The molecule has 0 saturated heterocycles. The standard InChI is InChI=1S/C26H32N2O5/c1-8-32-25(29)23-14(3)20(16(5)27-23)22(18-10-12-19(31-7)13-11-18)21-15(4)24(28-17(21)6)26(30)33-9-2/h10-13,22,27-28H,8-9H2,1-7H3. The van der Waals surface area contributed by atoms with Crippen LogP contribution in [-0.2, 0) is 9.47 Å². The smallest absolute Gasteiger partial charge is 0.355 e. The first-order valence-corrected chi connectivity index (χ1v) is 11.1. The first kappa shape index (κ1) is 24.2. The first-order chi connectivity index (χ1) is 15.7. The molecule has 33 heavy (non-hydrogen) atoms. The molecule has 0 aliphatic rings. The van der Waals surface area contributed by atoms with Gasteiger partial charge in [-0.15, -0.1) is 0 Å². The number of aromatic amines is 2. The molecule has 2 N–H and O–H groups in total. The molecule has 2 heterocycles. The highest BCUT2D eigenvalue weighted by Gasteiger charge is 2.31. The third-order valence-electron chi connectivity index (χ3n) is 5.98. The van der Waals surface area contributed by atoms with Gasteiger partial charge in [-0.1, -0.05) is 12.1 Å². The fourth-order valence-electron chi connectivity index (χ4n) is 4.48. The number of hydrogen-bond donors (Lipinski definition) is 2. The Kier molecular flexibility index (Phi) is 7.31. The molecule has 0 aliphatic heterocycles. The van der Waals surface area contributed by atoms with Crippen molar-refractivity contribution < 1.29 is 23.8 Å². The van der Waals surface area contributed by atoms with E-state index in [0.717, 1.165) is 45.0 Å². The lowest BCUT2D eigenvalue weighted by molar-refractivity contribution is 0.0509. The van der Waals surface area contributed by atoms with Crippen LogP contribution in [0.1, 0.15) is 79.9 Å². The minimum atomic E-state index is -0.382. The fourth-order valence-corrected chi connectivity index (χ4v) is 4.48. The van der Waals surface area contributed by atoms with Crippen molar-refractivity contribution in [2.24, 2.45) is 0 Å². The van der Waals surface area contributed by atoms with E-state index in [4.69, 9.17) is 14.2 Å². The number of benzene rings is 1. The Hall–Kier alpha value is -3.48. The van der Waals surface area contributed by atoms with E-state index < -0.39 is 0 Å². The minimum Gasteiger partial charge on any atom is -0.497 e. The molecule has 0 spiro atoms. The van der Waals surface area contributed by atoms with Crippen LogP contribution in [0.4, 0.5) is 0 Å². The van der Waals surface area contributed by atoms with Gasteiger partial charge in [-0.25, -0.2) is 9.59 Å². The lowest BCUT2D eigenvalue weighted by Crippen LogP contribution is -2.10. The number of aryl methyl sites for hydroxylation is 2. The van der Waals surface area contributed by atoms with Crippen LogP contribution in [0.15, 0.2) is 24.3 Å². The molecule has 2 aromatic heterocycles. The lowest BCUT2D eigenvalue weighted by atomic mass is 9.81. The number of rotatable bonds is 8. The number of ether oxygens (including phenoxy) is 3. The monoisotopic (exact) mass is 452 g/mol. The van der Waals surface area contributed by atoms with Crippen LogP contribution in [0.2, 0.25) is 0 Å². The fraction of sp³-hybridized carbons (Fsp3) is 0.385. The number of nitrogens with one attached hydrogen (secondary N) is 2. The van der Waals surface area contributed by atoms with Crippen LogP contribution in [-0.4, -0.2) is 42.2 Å². The summed E-state index contributed by atoms with van der Waals surface area (Å²) in [6, 6.07) is 7.84. The summed E-state index contributed by atoms with van der Waals surface area (Å²) in [5.41, 5.74) is 7.24. The van der Waals surface area contributed by atoms with Gasteiger partial charge in [0.05, 0.1) is 20.3 Å². The molecule has 0 aliphatic carbocycles. The predicted molar refractivity (Wildman–Crippen MR) is 126 cm³/mol. The van der Waals surface area contributed by atoms with Crippen molar-refractivity contribution in [2.75, 3.05) is 20.3 Å². The van der Waals surface area contributed by atoms with Gasteiger partial charge in [0.2, 0.25) is 0 Å². The molecule has 7 heteroatoms. The number of hydrogen-bond acceptors (Lipinski definition) is 5. The van der Waals surface area contributed by atoms with E-state index in [1.807, 2.05) is 52.0 Å². The summed E-state index contributed by atoms with van der Waals surface area (Å²) in [6.07, 6.45) is 0. The average Bonchev–Trinajstić information content (AvgIpc) is 3.25. The maximum Gasteiger partial charge on any atom is 0.355 e. The quantitative estimate of drug-likeness (QED) is 0.463. The Balaban J connectivity index is 2.26. The Morgan fingerprint density at radius 3 is 1.58 bits per heavy atom. The van der Waals surface area contributed by atoms with E-state index in [1.54, 1.807) is 21.0 Å². The molecule has 0 fully saturated rings. The van der Waals surface area contributed by atoms with Gasteiger partial charge in [-0.3, -0.25) is 0 Å². The number of H-pyrrole nitrogens is 2. The third kappa shape index (κ3) is 4.53. The Morgan fingerprint density at radius 2 is 1.21 bits per heavy atom. The molecule has 1 aromatic carbocycles. The highest BCUT2D eigenvalue weighted by molar-refractivity contribution is 5.91. The zero-order valence-electron chi connectivity index (χ0n) is 20.3. The molecule has 0 saturated carbocycles. The van der Waals surface area contributed by atoms with Crippen molar-refractivity contribution in [2.45, 2.75) is 47.5 Å². The van der Waals surface area contributed by atoms with Crippen LogP contribution in [0.25, 0.3) is 0 Å². The van der Waals surface area contributed by atoms with Gasteiger partial charge in [-0.05, 0) is 81.5 Å². The zero-order chi connectivity index (χ0) is 24.3. The molecular formula is C26H32N2O5. The average molecular weight is 453 g/mol. The van der Waals surface area contributed by atoms with Crippen molar-refractivity contribution in [3.05, 3.63) is 74.9 Å². The first-order valence-electron chi connectivity index (χ1n) is 11.1. The van der Waals surface area contributed by atoms with Gasteiger partial charge in [0.1, 0.15) is 17.1 Å². The molecule has 0 bridgehead atoms. The number of aromatic nitrogens is 2. The van der Waals surface area contributed by atoms with E-state index in [-0.39, 0.29) is 17.9 Å². The topological polar surface area (TPSA) is 93.4 Å². The third-order valence-corrected chi connectivity index (χ3v) is 5.98. The van der Waals surface area contributed by atoms with Gasteiger partial charge in [-0.2, -0.15) is 0 Å². The molecule has 0 atom stereocenters. The number of carbonyl (C=O) groups is 2. The molecule has 0 radical (unpaired) electrons. The second-order valence-corrected chi connectivity index (χ2v) is 7.97. The summed E-state index contributed by atoms with van der Waals surface area (Å²) in [5, 5.41) is 0. The van der Waals surface area contributed by atoms with E-state index in [1.165, 1.54) is 0 Å². The van der Waals surface area contributed by atoms with Crippen LogP contribution < -0.4 is 4.74 Å². The second kappa shape index (κ2) is 9.98. The predicted octanol–water partition coefficient (Wildman–Crippen LogP) is 5.12. The molecule has 3 rings (SSSR count).